The maximum Gasteiger partial charge on any atom is 0.390 e. The summed E-state index contributed by atoms with van der Waals surface area (Å²) in [6.07, 6.45) is -5.45. The van der Waals surface area contributed by atoms with E-state index in [2.05, 4.69) is 15.0 Å². The first-order valence-corrected chi connectivity index (χ1v) is 13.4. The first-order chi connectivity index (χ1) is 16.3. The maximum absolute atomic E-state index is 14.9. The molecule has 196 valence electrons. The van der Waals surface area contributed by atoms with Crippen molar-refractivity contribution in [1.29, 1.82) is 0 Å². The van der Waals surface area contributed by atoms with E-state index in [9.17, 15) is 43.6 Å². The SMILES string of the molecule is CC(C)n1c(=O)c(-c2cc(F)c(C(CC(F)(F)F)S(N)(=O)=O)c(F)c2)nc2cnc(S(C)(=O)=O)nc21. The standard InChI is InChI=1S/C19H18F5N5O5S2/c1-8(2)29-16-12(7-26-18(28-16)35(3,31)32)27-15(17(29)30)9-4-10(20)14(11(21)5-9)13(36(25,33)34)6-19(22,23)24/h4-5,7-8,13H,6H2,1-3H3,(H2,25,33,34). The van der Waals surface area contributed by atoms with Crippen molar-refractivity contribution in [2.24, 2.45) is 5.14 Å². The minimum absolute atomic E-state index is 0.130. The average Bonchev–Trinajstić information content (AvgIpc) is 2.69. The predicted molar refractivity (Wildman–Crippen MR) is 117 cm³/mol. The molecule has 3 rings (SSSR count). The van der Waals surface area contributed by atoms with Crippen LogP contribution in [0.1, 0.15) is 37.1 Å². The van der Waals surface area contributed by atoms with Crippen LogP contribution in [0.15, 0.2) is 28.3 Å². The Kier molecular flexibility index (Phi) is 6.97. The van der Waals surface area contributed by atoms with Crippen LogP contribution in [0.5, 0.6) is 0 Å². The Balaban J connectivity index is 2.30. The second-order valence-electron chi connectivity index (χ2n) is 8.11. The molecular formula is C19H18F5N5O5S2. The van der Waals surface area contributed by atoms with Crippen LogP contribution < -0.4 is 10.7 Å². The van der Waals surface area contributed by atoms with Crippen molar-refractivity contribution in [2.75, 3.05) is 6.26 Å². The predicted octanol–water partition coefficient (Wildman–Crippen LogP) is 2.40. The molecule has 2 N–H and O–H groups in total. The summed E-state index contributed by atoms with van der Waals surface area (Å²) in [4.78, 5) is 24.6. The molecule has 1 unspecified atom stereocenters. The highest BCUT2D eigenvalue weighted by molar-refractivity contribution is 7.90. The normalized spacial score (nSPS) is 13.9. The quantitative estimate of drug-likeness (QED) is 0.359. The lowest BCUT2D eigenvalue weighted by atomic mass is 10.0. The highest BCUT2D eigenvalue weighted by atomic mass is 32.2. The van der Waals surface area contributed by atoms with Crippen LogP contribution in [-0.2, 0) is 19.9 Å². The number of nitrogens with two attached hydrogens (primary N) is 1. The Labute approximate surface area is 201 Å². The molecule has 3 aromatic rings. The van der Waals surface area contributed by atoms with Crippen molar-refractivity contribution in [1.82, 2.24) is 19.5 Å². The van der Waals surface area contributed by atoms with Crippen molar-refractivity contribution in [3.8, 4) is 11.3 Å². The van der Waals surface area contributed by atoms with Gasteiger partial charge in [-0.15, -0.1) is 0 Å². The number of halogens is 5. The van der Waals surface area contributed by atoms with Crippen LogP contribution in [0.2, 0.25) is 0 Å². The zero-order valence-corrected chi connectivity index (χ0v) is 20.3. The second-order valence-corrected chi connectivity index (χ2v) is 11.8. The molecule has 1 atom stereocenters. The molecule has 1 aromatic carbocycles. The highest BCUT2D eigenvalue weighted by Crippen LogP contribution is 2.37. The summed E-state index contributed by atoms with van der Waals surface area (Å²) in [6.45, 7) is 3.07. The number of alkyl halides is 3. The molecule has 0 saturated heterocycles. The third-order valence-electron chi connectivity index (χ3n) is 4.95. The van der Waals surface area contributed by atoms with Gasteiger partial charge in [-0.25, -0.2) is 40.7 Å². The van der Waals surface area contributed by atoms with Crippen molar-refractivity contribution >= 4 is 31.0 Å². The van der Waals surface area contributed by atoms with Gasteiger partial charge in [0.2, 0.25) is 25.0 Å². The number of primary sulfonamides is 1. The van der Waals surface area contributed by atoms with Crippen LogP contribution in [-0.4, -0.2) is 48.8 Å². The number of fused-ring (bicyclic) bond motifs is 1. The van der Waals surface area contributed by atoms with Crippen molar-refractivity contribution in [3.63, 3.8) is 0 Å². The lowest BCUT2D eigenvalue weighted by molar-refractivity contribution is -0.135. The first-order valence-electron chi connectivity index (χ1n) is 9.88. The Hall–Kier alpha value is -3.05. The third-order valence-corrected chi connectivity index (χ3v) is 7.00. The van der Waals surface area contributed by atoms with E-state index in [0.29, 0.717) is 12.1 Å². The lowest BCUT2D eigenvalue weighted by Crippen LogP contribution is -2.28. The molecule has 0 aliphatic rings. The van der Waals surface area contributed by atoms with Gasteiger partial charge in [-0.05, 0) is 26.0 Å². The fraction of sp³-hybridized carbons (Fsp3) is 0.368. The van der Waals surface area contributed by atoms with Crippen molar-refractivity contribution in [2.45, 2.75) is 42.9 Å². The lowest BCUT2D eigenvalue weighted by Gasteiger charge is -2.19. The van der Waals surface area contributed by atoms with Gasteiger partial charge in [0.15, 0.2) is 5.65 Å². The zero-order valence-electron chi connectivity index (χ0n) is 18.7. The number of benzene rings is 1. The molecule has 36 heavy (non-hydrogen) atoms. The molecule has 0 aliphatic carbocycles. The monoisotopic (exact) mass is 555 g/mol. The Bertz CT molecular complexity index is 1610. The summed E-state index contributed by atoms with van der Waals surface area (Å²) >= 11 is 0. The molecule has 0 fully saturated rings. The van der Waals surface area contributed by atoms with Gasteiger partial charge in [-0.1, -0.05) is 0 Å². The molecule has 10 nitrogen and oxygen atoms in total. The molecular weight excluding hydrogens is 537 g/mol. The van der Waals surface area contributed by atoms with E-state index in [1.807, 2.05) is 0 Å². The minimum atomic E-state index is -5.12. The Morgan fingerprint density at radius 1 is 1.06 bits per heavy atom. The van der Waals surface area contributed by atoms with Gasteiger partial charge in [0.1, 0.15) is 28.1 Å². The number of sulfone groups is 1. The number of sulfonamides is 1. The average molecular weight is 556 g/mol. The summed E-state index contributed by atoms with van der Waals surface area (Å²) in [5, 5.41) is 1.43. The van der Waals surface area contributed by atoms with Gasteiger partial charge in [0, 0.05) is 23.4 Å². The molecule has 0 amide bonds. The number of nitrogens with zero attached hydrogens (tertiary/aromatic N) is 4. The molecule has 2 heterocycles. The second kappa shape index (κ2) is 9.11. The Morgan fingerprint density at radius 3 is 2.06 bits per heavy atom. The van der Waals surface area contributed by atoms with Crippen molar-refractivity contribution < 1.29 is 38.8 Å². The molecule has 2 aromatic heterocycles. The van der Waals surface area contributed by atoms with E-state index in [1.54, 1.807) is 0 Å². The molecule has 0 radical (unpaired) electrons. The van der Waals surface area contributed by atoms with Gasteiger partial charge in [-0.3, -0.25) is 9.36 Å². The van der Waals surface area contributed by atoms with Gasteiger partial charge >= 0.3 is 6.18 Å². The fourth-order valence-corrected chi connectivity index (χ4v) is 4.92. The molecule has 0 spiro atoms. The van der Waals surface area contributed by atoms with Crippen molar-refractivity contribution in [3.05, 3.63) is 45.9 Å². The summed E-state index contributed by atoms with van der Waals surface area (Å²) in [5.41, 5.74) is -3.81. The van der Waals surface area contributed by atoms with E-state index >= 15 is 0 Å². The summed E-state index contributed by atoms with van der Waals surface area (Å²) in [7, 11) is -8.96. The third kappa shape index (κ3) is 5.52. The topological polar surface area (TPSA) is 155 Å². The zero-order chi connectivity index (χ0) is 27.4. The number of aromatic nitrogens is 4. The molecule has 0 bridgehead atoms. The highest BCUT2D eigenvalue weighted by Gasteiger charge is 2.41. The van der Waals surface area contributed by atoms with Crippen LogP contribution >= 0.6 is 0 Å². The first kappa shape index (κ1) is 27.5. The van der Waals surface area contributed by atoms with E-state index < -0.39 is 82.9 Å². The van der Waals surface area contributed by atoms with Crippen LogP contribution in [0.4, 0.5) is 22.0 Å². The largest absolute Gasteiger partial charge is 0.390 e. The Morgan fingerprint density at radius 2 is 1.61 bits per heavy atom. The molecule has 0 aliphatic heterocycles. The fourth-order valence-electron chi connectivity index (χ4n) is 3.45. The van der Waals surface area contributed by atoms with E-state index in [0.717, 1.165) is 17.0 Å². The van der Waals surface area contributed by atoms with Gasteiger partial charge in [0.25, 0.3) is 5.56 Å². The van der Waals surface area contributed by atoms with Crippen LogP contribution in [0, 0.1) is 11.6 Å². The van der Waals surface area contributed by atoms with Gasteiger partial charge < -0.3 is 0 Å². The minimum Gasteiger partial charge on any atom is -0.287 e. The summed E-state index contributed by atoms with van der Waals surface area (Å²) in [6, 6.07) is 0.259. The van der Waals surface area contributed by atoms with Crippen LogP contribution in [0.3, 0.4) is 0 Å². The molecule has 0 saturated carbocycles. The van der Waals surface area contributed by atoms with E-state index in [1.165, 1.54) is 13.8 Å². The van der Waals surface area contributed by atoms with E-state index in [4.69, 9.17) is 5.14 Å². The number of hydrogen-bond donors (Lipinski definition) is 1. The summed E-state index contributed by atoms with van der Waals surface area (Å²) in [5.74, 6) is -3.40. The smallest absolute Gasteiger partial charge is 0.287 e. The number of hydrogen-bond acceptors (Lipinski definition) is 8. The number of rotatable bonds is 6. The summed E-state index contributed by atoms with van der Waals surface area (Å²) < 4.78 is 116. The van der Waals surface area contributed by atoms with Gasteiger partial charge in [-0.2, -0.15) is 18.2 Å². The van der Waals surface area contributed by atoms with E-state index in [-0.39, 0.29) is 11.2 Å². The van der Waals surface area contributed by atoms with Gasteiger partial charge in [0.05, 0.1) is 12.6 Å². The maximum atomic E-state index is 14.9. The molecule has 17 heteroatoms. The van der Waals surface area contributed by atoms with Crippen LogP contribution in [0.25, 0.3) is 22.4 Å².